The Labute approximate surface area is 129 Å². The van der Waals surface area contributed by atoms with E-state index in [4.69, 9.17) is 13.9 Å². The summed E-state index contributed by atoms with van der Waals surface area (Å²) in [5, 5.41) is 0.698. The lowest BCUT2D eigenvalue weighted by atomic mass is 10.1. The Morgan fingerprint density at radius 3 is 2.48 bits per heavy atom. The Morgan fingerprint density at radius 1 is 1.00 bits per heavy atom. The lowest BCUT2D eigenvalue weighted by Gasteiger charge is -2.11. The van der Waals surface area contributed by atoms with Crippen molar-refractivity contribution in [3.05, 3.63) is 41.7 Å². The Morgan fingerprint density at radius 2 is 1.74 bits per heavy atom. The van der Waals surface area contributed by atoms with Crippen LogP contribution < -0.4 is 4.74 Å². The summed E-state index contributed by atoms with van der Waals surface area (Å²) in [4.78, 5) is 0. The van der Waals surface area contributed by atoms with Crippen molar-refractivity contribution in [1.82, 2.24) is 0 Å². The molecule has 4 rings (SSSR count). The second-order valence-electron chi connectivity index (χ2n) is 5.54. The number of halogens is 3. The highest BCUT2D eigenvalue weighted by molar-refractivity contribution is 6.05. The first-order chi connectivity index (χ1) is 11.1. The minimum Gasteiger partial charge on any atom is -0.488 e. The van der Waals surface area contributed by atoms with Crippen molar-refractivity contribution >= 4 is 21.9 Å². The highest BCUT2D eigenvalue weighted by Crippen LogP contribution is 2.36. The fourth-order valence-electron chi connectivity index (χ4n) is 2.87. The molecule has 0 saturated carbocycles. The molecule has 2 heterocycles. The van der Waals surface area contributed by atoms with Crippen molar-refractivity contribution in [3.63, 3.8) is 0 Å². The number of hydrogen-bond acceptors (Lipinski definition) is 3. The molecule has 120 valence electrons. The van der Waals surface area contributed by atoms with E-state index in [1.54, 1.807) is 6.07 Å². The van der Waals surface area contributed by atoms with Gasteiger partial charge in [-0.2, -0.15) is 8.78 Å². The number of hydrogen-bond donors (Lipinski definition) is 0. The molecule has 3 nitrogen and oxygen atoms in total. The molecular formula is C17H13F3O3. The quantitative estimate of drug-likeness (QED) is 0.708. The smallest absolute Gasteiger partial charge is 0.208 e. The van der Waals surface area contributed by atoms with Gasteiger partial charge in [0, 0.05) is 17.4 Å². The van der Waals surface area contributed by atoms with Gasteiger partial charge < -0.3 is 13.9 Å². The van der Waals surface area contributed by atoms with Crippen molar-refractivity contribution in [2.24, 2.45) is 0 Å². The average molecular weight is 322 g/mol. The highest BCUT2D eigenvalue weighted by atomic mass is 19.2. The predicted molar refractivity (Wildman–Crippen MR) is 78.1 cm³/mol. The third-order valence-corrected chi connectivity index (χ3v) is 4.05. The number of benzene rings is 2. The summed E-state index contributed by atoms with van der Waals surface area (Å²) in [6.07, 6.45) is 1.79. The van der Waals surface area contributed by atoms with E-state index in [1.165, 1.54) is 12.1 Å². The molecule has 0 N–H and O–H groups in total. The summed E-state index contributed by atoms with van der Waals surface area (Å²) >= 11 is 0. The molecular weight excluding hydrogens is 309 g/mol. The predicted octanol–water partition coefficient (Wildman–Crippen LogP) is 4.56. The van der Waals surface area contributed by atoms with E-state index in [-0.39, 0.29) is 29.6 Å². The van der Waals surface area contributed by atoms with Crippen LogP contribution in [0.5, 0.6) is 5.75 Å². The number of furan rings is 1. The zero-order valence-electron chi connectivity index (χ0n) is 12.1. The van der Waals surface area contributed by atoms with Gasteiger partial charge in [0.1, 0.15) is 6.61 Å². The summed E-state index contributed by atoms with van der Waals surface area (Å²) in [5.74, 6) is -2.88. The van der Waals surface area contributed by atoms with Crippen LogP contribution >= 0.6 is 0 Å². The van der Waals surface area contributed by atoms with Crippen LogP contribution in [0.1, 0.15) is 12.8 Å². The van der Waals surface area contributed by atoms with Crippen LogP contribution in [0.3, 0.4) is 0 Å². The van der Waals surface area contributed by atoms with Gasteiger partial charge in [0.15, 0.2) is 22.7 Å². The fourth-order valence-corrected chi connectivity index (χ4v) is 2.87. The summed E-state index contributed by atoms with van der Waals surface area (Å²) < 4.78 is 57.7. The van der Waals surface area contributed by atoms with Crippen molar-refractivity contribution in [2.45, 2.75) is 18.9 Å². The molecule has 1 aliphatic rings. The van der Waals surface area contributed by atoms with Crippen LogP contribution in [0.2, 0.25) is 0 Å². The zero-order chi connectivity index (χ0) is 16.0. The van der Waals surface area contributed by atoms with Gasteiger partial charge in [-0.3, -0.25) is 0 Å². The van der Waals surface area contributed by atoms with E-state index in [9.17, 15) is 13.2 Å². The molecule has 0 amide bonds. The monoisotopic (exact) mass is 322 g/mol. The Kier molecular flexibility index (Phi) is 3.41. The maximum atomic E-state index is 14.5. The van der Waals surface area contributed by atoms with Crippen molar-refractivity contribution in [1.29, 1.82) is 0 Å². The second-order valence-corrected chi connectivity index (χ2v) is 5.54. The molecule has 0 bridgehead atoms. The molecule has 0 radical (unpaired) electrons. The van der Waals surface area contributed by atoms with Gasteiger partial charge in [-0.1, -0.05) is 0 Å². The largest absolute Gasteiger partial charge is 0.488 e. The summed E-state index contributed by atoms with van der Waals surface area (Å²) in [7, 11) is 0. The van der Waals surface area contributed by atoms with Crippen LogP contribution in [0, 0.1) is 17.5 Å². The summed E-state index contributed by atoms with van der Waals surface area (Å²) in [5.41, 5.74) is -0.440. The van der Waals surface area contributed by atoms with E-state index in [2.05, 4.69) is 0 Å². The third-order valence-electron chi connectivity index (χ3n) is 4.05. The van der Waals surface area contributed by atoms with Gasteiger partial charge in [0.25, 0.3) is 0 Å². The Hall–Kier alpha value is -2.21. The first kappa shape index (κ1) is 14.4. The van der Waals surface area contributed by atoms with Crippen LogP contribution in [-0.4, -0.2) is 19.3 Å². The standard InChI is InChI=1S/C17H13F3O3/c18-12-5-3-10-11-4-6-13(22-8-9-2-1-7-21-9)15(20)17(11)23-16(10)14(12)19/h3-6,9H,1-2,7-8H2. The maximum absolute atomic E-state index is 14.5. The van der Waals surface area contributed by atoms with Crippen LogP contribution in [0.15, 0.2) is 28.7 Å². The molecule has 1 fully saturated rings. The van der Waals surface area contributed by atoms with Gasteiger partial charge in [-0.15, -0.1) is 0 Å². The normalized spacial score (nSPS) is 18.1. The fraction of sp³-hybridized carbons (Fsp3) is 0.294. The van der Waals surface area contributed by atoms with Gasteiger partial charge in [0.05, 0.1) is 6.10 Å². The molecule has 2 aromatic carbocycles. The van der Waals surface area contributed by atoms with E-state index >= 15 is 0 Å². The van der Waals surface area contributed by atoms with E-state index in [0.717, 1.165) is 18.9 Å². The Balaban J connectivity index is 1.75. The maximum Gasteiger partial charge on any atom is 0.208 e. The second kappa shape index (κ2) is 5.45. The van der Waals surface area contributed by atoms with Crippen LogP contribution in [0.4, 0.5) is 13.2 Å². The molecule has 6 heteroatoms. The van der Waals surface area contributed by atoms with Crippen molar-refractivity contribution in [2.75, 3.05) is 13.2 Å². The number of ether oxygens (including phenoxy) is 2. The molecule has 0 spiro atoms. The van der Waals surface area contributed by atoms with E-state index < -0.39 is 17.5 Å². The highest BCUT2D eigenvalue weighted by Gasteiger charge is 2.21. The summed E-state index contributed by atoms with van der Waals surface area (Å²) in [6.45, 7) is 0.926. The molecule has 0 aliphatic carbocycles. The first-order valence-corrected chi connectivity index (χ1v) is 7.38. The van der Waals surface area contributed by atoms with Crippen LogP contribution in [0.25, 0.3) is 21.9 Å². The number of fused-ring (bicyclic) bond motifs is 3. The van der Waals surface area contributed by atoms with Gasteiger partial charge in [-0.25, -0.2) is 4.39 Å². The lowest BCUT2D eigenvalue weighted by Crippen LogP contribution is -2.16. The minimum absolute atomic E-state index is 0.00735. The molecule has 1 aliphatic heterocycles. The van der Waals surface area contributed by atoms with Gasteiger partial charge >= 0.3 is 0 Å². The Bertz CT molecular complexity index is 882. The lowest BCUT2D eigenvalue weighted by molar-refractivity contribution is 0.0666. The van der Waals surface area contributed by atoms with E-state index in [1.807, 2.05) is 0 Å². The molecule has 1 atom stereocenters. The first-order valence-electron chi connectivity index (χ1n) is 7.38. The SMILES string of the molecule is Fc1ccc2c(oc3c(F)c(OCC4CCCO4)ccc32)c1F. The average Bonchev–Trinajstić information content (AvgIpc) is 3.18. The van der Waals surface area contributed by atoms with Crippen LogP contribution in [-0.2, 0) is 4.74 Å². The molecule has 3 aromatic rings. The molecule has 23 heavy (non-hydrogen) atoms. The van der Waals surface area contributed by atoms with Crippen molar-refractivity contribution in [3.8, 4) is 5.75 Å². The van der Waals surface area contributed by atoms with E-state index in [0.29, 0.717) is 17.4 Å². The zero-order valence-corrected chi connectivity index (χ0v) is 12.1. The van der Waals surface area contributed by atoms with Gasteiger partial charge in [-0.05, 0) is 37.1 Å². The topological polar surface area (TPSA) is 31.6 Å². The molecule has 1 aromatic heterocycles. The molecule has 1 saturated heterocycles. The third kappa shape index (κ3) is 2.34. The molecule has 1 unspecified atom stereocenters. The summed E-state index contributed by atoms with van der Waals surface area (Å²) in [6, 6.07) is 5.40. The minimum atomic E-state index is -1.13. The van der Waals surface area contributed by atoms with Crippen molar-refractivity contribution < 1.29 is 27.1 Å². The number of rotatable bonds is 3. The van der Waals surface area contributed by atoms with Gasteiger partial charge in [0.2, 0.25) is 11.6 Å².